The molecule has 0 N–H and O–H groups in total. The molecule has 0 spiro atoms. The molecule has 9 heteroatoms. The van der Waals surface area contributed by atoms with E-state index in [2.05, 4.69) is 15.9 Å². The van der Waals surface area contributed by atoms with Crippen LogP contribution < -0.4 is 14.2 Å². The maximum atomic E-state index is 13.0. The van der Waals surface area contributed by atoms with Gasteiger partial charge in [-0.1, -0.05) is 45.8 Å². The molecular formula is C27H23BrFNO5S. The SMILES string of the molecule is COc1cc(/C=C2\SC(=O)N(CCOc3ccc(F)cc3)C2=O)c(Br)cc1OCc1ccc(C)cc1. The molecular weight excluding hydrogens is 549 g/mol. The van der Waals surface area contributed by atoms with Gasteiger partial charge in [-0.2, -0.15) is 0 Å². The summed E-state index contributed by atoms with van der Waals surface area (Å²) in [6.07, 6.45) is 1.64. The molecule has 0 aromatic heterocycles. The van der Waals surface area contributed by atoms with E-state index >= 15 is 0 Å². The number of nitrogens with zero attached hydrogens (tertiary/aromatic N) is 1. The summed E-state index contributed by atoms with van der Waals surface area (Å²) >= 11 is 4.39. The lowest BCUT2D eigenvalue weighted by molar-refractivity contribution is -0.123. The van der Waals surface area contributed by atoms with Crippen LogP contribution in [-0.2, 0) is 11.4 Å². The Bertz CT molecular complexity index is 1290. The van der Waals surface area contributed by atoms with Crippen molar-refractivity contribution in [3.8, 4) is 17.2 Å². The highest BCUT2D eigenvalue weighted by Crippen LogP contribution is 2.38. The zero-order valence-electron chi connectivity index (χ0n) is 19.6. The van der Waals surface area contributed by atoms with Crippen LogP contribution in [-0.4, -0.2) is 36.3 Å². The van der Waals surface area contributed by atoms with E-state index in [-0.39, 0.29) is 29.1 Å². The second-order valence-electron chi connectivity index (χ2n) is 7.93. The number of methoxy groups -OCH3 is 1. The second-order valence-corrected chi connectivity index (χ2v) is 9.78. The Kier molecular flexibility index (Phi) is 8.32. The third-order valence-electron chi connectivity index (χ3n) is 5.36. The van der Waals surface area contributed by atoms with Crippen LogP contribution in [0, 0.1) is 12.7 Å². The van der Waals surface area contributed by atoms with Crippen molar-refractivity contribution >= 4 is 44.9 Å². The average Bonchev–Trinajstić information content (AvgIpc) is 3.13. The normalized spacial score (nSPS) is 14.4. The van der Waals surface area contributed by atoms with Gasteiger partial charge in [-0.3, -0.25) is 14.5 Å². The van der Waals surface area contributed by atoms with E-state index in [0.29, 0.717) is 33.9 Å². The van der Waals surface area contributed by atoms with Crippen LogP contribution in [0.25, 0.3) is 6.08 Å². The van der Waals surface area contributed by atoms with Crippen LogP contribution in [0.3, 0.4) is 0 Å². The number of imide groups is 1. The van der Waals surface area contributed by atoms with Gasteiger partial charge in [0.05, 0.1) is 18.6 Å². The van der Waals surface area contributed by atoms with Crippen LogP contribution >= 0.6 is 27.7 Å². The highest BCUT2D eigenvalue weighted by atomic mass is 79.9. The highest BCUT2D eigenvalue weighted by molar-refractivity contribution is 9.10. The van der Waals surface area contributed by atoms with Gasteiger partial charge in [0.2, 0.25) is 0 Å². The van der Waals surface area contributed by atoms with E-state index in [9.17, 15) is 14.0 Å². The van der Waals surface area contributed by atoms with Crippen molar-refractivity contribution < 1.29 is 28.2 Å². The molecule has 0 aliphatic carbocycles. The van der Waals surface area contributed by atoms with Gasteiger partial charge in [0, 0.05) is 4.47 Å². The predicted molar refractivity (Wildman–Crippen MR) is 141 cm³/mol. The average molecular weight is 572 g/mol. The van der Waals surface area contributed by atoms with Crippen LogP contribution in [0.4, 0.5) is 9.18 Å². The van der Waals surface area contributed by atoms with Gasteiger partial charge in [0.15, 0.2) is 11.5 Å². The Morgan fingerprint density at radius 1 is 1.00 bits per heavy atom. The largest absolute Gasteiger partial charge is 0.493 e. The number of carbonyl (C=O) groups is 2. The molecule has 186 valence electrons. The van der Waals surface area contributed by atoms with Crippen LogP contribution in [0.2, 0.25) is 0 Å². The lowest BCUT2D eigenvalue weighted by Crippen LogP contribution is -2.32. The van der Waals surface area contributed by atoms with Gasteiger partial charge in [0.1, 0.15) is 24.8 Å². The van der Waals surface area contributed by atoms with Gasteiger partial charge >= 0.3 is 0 Å². The number of thioether (sulfide) groups is 1. The van der Waals surface area contributed by atoms with E-state index in [1.807, 2.05) is 31.2 Å². The molecule has 1 aliphatic rings. The smallest absolute Gasteiger partial charge is 0.293 e. The lowest BCUT2D eigenvalue weighted by atomic mass is 10.1. The first-order chi connectivity index (χ1) is 17.3. The summed E-state index contributed by atoms with van der Waals surface area (Å²) in [6.45, 7) is 2.58. The van der Waals surface area contributed by atoms with Crippen molar-refractivity contribution in [2.45, 2.75) is 13.5 Å². The minimum atomic E-state index is -0.404. The summed E-state index contributed by atoms with van der Waals surface area (Å²) in [4.78, 5) is 26.7. The third-order valence-corrected chi connectivity index (χ3v) is 6.95. The van der Waals surface area contributed by atoms with Gasteiger partial charge < -0.3 is 14.2 Å². The van der Waals surface area contributed by atoms with E-state index in [4.69, 9.17) is 14.2 Å². The van der Waals surface area contributed by atoms with E-state index < -0.39 is 5.91 Å². The maximum absolute atomic E-state index is 13.0. The highest BCUT2D eigenvalue weighted by Gasteiger charge is 2.35. The fraction of sp³-hybridized carbons (Fsp3) is 0.185. The van der Waals surface area contributed by atoms with Gasteiger partial charge in [-0.25, -0.2) is 4.39 Å². The molecule has 3 aromatic carbocycles. The van der Waals surface area contributed by atoms with Crippen LogP contribution in [0.5, 0.6) is 17.2 Å². The number of halogens is 2. The molecule has 36 heavy (non-hydrogen) atoms. The molecule has 6 nitrogen and oxygen atoms in total. The van der Waals surface area contributed by atoms with Gasteiger partial charge in [-0.15, -0.1) is 0 Å². The Morgan fingerprint density at radius 3 is 2.42 bits per heavy atom. The number of hydrogen-bond donors (Lipinski definition) is 0. The van der Waals surface area contributed by atoms with Crippen molar-refractivity contribution in [3.05, 3.63) is 92.5 Å². The first kappa shape index (κ1) is 25.8. The first-order valence-corrected chi connectivity index (χ1v) is 12.6. The summed E-state index contributed by atoms with van der Waals surface area (Å²) in [5.41, 5.74) is 2.87. The number of amides is 2. The van der Waals surface area contributed by atoms with Crippen molar-refractivity contribution in [3.63, 3.8) is 0 Å². The molecule has 0 saturated carbocycles. The minimum Gasteiger partial charge on any atom is -0.493 e. The molecule has 3 aromatic rings. The van der Waals surface area contributed by atoms with Gasteiger partial charge in [-0.05, 0) is 72.3 Å². The summed E-state index contributed by atoms with van der Waals surface area (Å²) in [5, 5.41) is -0.380. The number of ether oxygens (including phenoxy) is 3. The van der Waals surface area contributed by atoms with Gasteiger partial charge in [0.25, 0.3) is 11.1 Å². The summed E-state index contributed by atoms with van der Waals surface area (Å²) in [7, 11) is 1.54. The fourth-order valence-corrected chi connectivity index (χ4v) is 4.69. The minimum absolute atomic E-state index is 0.0790. The zero-order valence-corrected chi connectivity index (χ0v) is 22.0. The zero-order chi connectivity index (χ0) is 25.7. The molecule has 0 bridgehead atoms. The first-order valence-electron chi connectivity index (χ1n) is 11.0. The summed E-state index contributed by atoms with van der Waals surface area (Å²) in [5.74, 6) is 0.738. The summed E-state index contributed by atoms with van der Waals surface area (Å²) in [6, 6.07) is 17.1. The predicted octanol–water partition coefficient (Wildman–Crippen LogP) is 6.60. The summed E-state index contributed by atoms with van der Waals surface area (Å²) < 4.78 is 30.7. The lowest BCUT2D eigenvalue weighted by Gasteiger charge is -2.14. The van der Waals surface area contributed by atoms with Crippen LogP contribution in [0.1, 0.15) is 16.7 Å². The van der Waals surface area contributed by atoms with Crippen molar-refractivity contribution in [2.24, 2.45) is 0 Å². The van der Waals surface area contributed by atoms with Crippen LogP contribution in [0.15, 0.2) is 70.0 Å². The van der Waals surface area contributed by atoms with E-state index in [0.717, 1.165) is 22.2 Å². The standard InChI is InChI=1S/C27H23BrFNO5S/c1-17-3-5-18(6-4-17)16-35-24-15-22(28)19(13-23(24)33-2)14-25-26(31)30(27(32)36-25)11-12-34-21-9-7-20(29)8-10-21/h3-10,13-15H,11-12,16H2,1-2H3/b25-14-. The maximum Gasteiger partial charge on any atom is 0.293 e. The van der Waals surface area contributed by atoms with Crippen molar-refractivity contribution in [1.29, 1.82) is 0 Å². The molecule has 1 saturated heterocycles. The molecule has 1 aliphatic heterocycles. The number of rotatable bonds is 9. The molecule has 1 fully saturated rings. The molecule has 0 radical (unpaired) electrons. The third kappa shape index (κ3) is 6.27. The Hall–Kier alpha value is -3.30. The Morgan fingerprint density at radius 2 is 1.72 bits per heavy atom. The quantitative estimate of drug-likeness (QED) is 0.269. The second kappa shape index (κ2) is 11.6. The molecule has 4 rings (SSSR count). The van der Waals surface area contributed by atoms with E-state index in [1.54, 1.807) is 25.3 Å². The monoisotopic (exact) mass is 571 g/mol. The topological polar surface area (TPSA) is 65.1 Å². The molecule has 0 unspecified atom stereocenters. The Labute approximate surface area is 221 Å². The number of hydrogen-bond acceptors (Lipinski definition) is 6. The number of carbonyl (C=O) groups excluding carboxylic acids is 2. The van der Waals surface area contributed by atoms with E-state index in [1.165, 1.54) is 29.8 Å². The molecule has 1 heterocycles. The number of aryl methyl sites for hydroxylation is 1. The fourth-order valence-electron chi connectivity index (χ4n) is 3.40. The number of benzene rings is 3. The Balaban J connectivity index is 1.43. The molecule has 2 amide bonds. The van der Waals surface area contributed by atoms with Crippen molar-refractivity contribution in [2.75, 3.05) is 20.3 Å². The molecule has 0 atom stereocenters. The van der Waals surface area contributed by atoms with Crippen molar-refractivity contribution in [1.82, 2.24) is 4.90 Å².